The van der Waals surface area contributed by atoms with Crippen LogP contribution < -0.4 is 10.6 Å². The van der Waals surface area contributed by atoms with E-state index in [1.165, 1.54) is 12.1 Å². The van der Waals surface area contributed by atoms with E-state index in [4.69, 9.17) is 23.2 Å². The number of carbonyl (C=O) groups excluding carboxylic acids is 2. The van der Waals surface area contributed by atoms with Crippen LogP contribution in [0.1, 0.15) is 15.9 Å². The Morgan fingerprint density at radius 3 is 2.50 bits per heavy atom. The van der Waals surface area contributed by atoms with Gasteiger partial charge in [-0.2, -0.15) is 13.2 Å². The Morgan fingerprint density at radius 1 is 1.06 bits per heavy atom. The summed E-state index contributed by atoms with van der Waals surface area (Å²) >= 11 is 13.5. The number of rotatable bonds is 6. The average Bonchev–Trinajstić information content (AvgIpc) is 3.14. The second-order valence-electron chi connectivity index (χ2n) is 5.95. The SMILES string of the molecule is O=C(CSc1nnc(NC(=O)c2c(F)cccc2Cl)s1)Nc1cc(C(F)(F)F)ccc1Cl. The number of carbonyl (C=O) groups is 2. The Morgan fingerprint density at radius 2 is 1.81 bits per heavy atom. The number of benzene rings is 2. The molecule has 0 aliphatic heterocycles. The number of nitrogens with zero attached hydrogens (tertiary/aromatic N) is 2. The van der Waals surface area contributed by atoms with Crippen molar-refractivity contribution < 1.29 is 27.2 Å². The van der Waals surface area contributed by atoms with Gasteiger partial charge in [0.2, 0.25) is 11.0 Å². The van der Waals surface area contributed by atoms with Crippen molar-refractivity contribution in [3.63, 3.8) is 0 Å². The minimum atomic E-state index is -4.58. The van der Waals surface area contributed by atoms with E-state index in [2.05, 4.69) is 20.8 Å². The highest BCUT2D eigenvalue weighted by Gasteiger charge is 2.31. The molecule has 0 aliphatic rings. The molecule has 3 aromatic rings. The zero-order chi connectivity index (χ0) is 23.5. The third-order valence-electron chi connectivity index (χ3n) is 3.71. The first-order chi connectivity index (χ1) is 15.0. The van der Waals surface area contributed by atoms with E-state index >= 15 is 0 Å². The molecule has 0 atom stereocenters. The first-order valence-corrected chi connectivity index (χ1v) is 11.0. The lowest BCUT2D eigenvalue weighted by Gasteiger charge is -2.11. The summed E-state index contributed by atoms with van der Waals surface area (Å²) in [6.07, 6.45) is -4.58. The molecule has 0 saturated heterocycles. The molecule has 0 aliphatic carbocycles. The first kappa shape index (κ1) is 24.2. The molecule has 0 saturated carbocycles. The van der Waals surface area contributed by atoms with Gasteiger partial charge in [0.15, 0.2) is 4.34 Å². The monoisotopic (exact) mass is 524 g/mol. The number of thioether (sulfide) groups is 1. The maximum absolute atomic E-state index is 13.8. The van der Waals surface area contributed by atoms with E-state index in [1.807, 2.05) is 0 Å². The van der Waals surface area contributed by atoms with E-state index in [0.29, 0.717) is 0 Å². The fourth-order valence-electron chi connectivity index (χ4n) is 2.30. The average molecular weight is 525 g/mol. The molecule has 14 heteroatoms. The molecule has 2 amide bonds. The van der Waals surface area contributed by atoms with Crippen LogP contribution in [-0.4, -0.2) is 27.8 Å². The highest BCUT2D eigenvalue weighted by Crippen LogP contribution is 2.34. The number of amides is 2. The largest absolute Gasteiger partial charge is 0.416 e. The molecule has 0 spiro atoms. The Bertz CT molecular complexity index is 1150. The Kier molecular flexibility index (Phi) is 7.59. The van der Waals surface area contributed by atoms with Crippen LogP contribution in [0.3, 0.4) is 0 Å². The fourth-order valence-corrected chi connectivity index (χ4v) is 4.26. The highest BCUT2D eigenvalue weighted by molar-refractivity contribution is 8.01. The third-order valence-corrected chi connectivity index (χ3v) is 6.33. The van der Waals surface area contributed by atoms with Crippen LogP contribution >= 0.6 is 46.3 Å². The van der Waals surface area contributed by atoms with E-state index in [0.717, 1.165) is 47.4 Å². The number of anilines is 2. The summed E-state index contributed by atoms with van der Waals surface area (Å²) in [5.41, 5.74) is -1.49. The molecule has 3 rings (SSSR count). The zero-order valence-electron chi connectivity index (χ0n) is 15.5. The summed E-state index contributed by atoms with van der Waals surface area (Å²) < 4.78 is 52.6. The van der Waals surface area contributed by atoms with Crippen LogP contribution in [0, 0.1) is 5.82 Å². The maximum Gasteiger partial charge on any atom is 0.416 e. The van der Waals surface area contributed by atoms with Crippen molar-refractivity contribution in [1.29, 1.82) is 0 Å². The van der Waals surface area contributed by atoms with Crippen molar-refractivity contribution in [2.75, 3.05) is 16.4 Å². The van der Waals surface area contributed by atoms with Crippen LogP contribution in [-0.2, 0) is 11.0 Å². The summed E-state index contributed by atoms with van der Waals surface area (Å²) in [4.78, 5) is 24.3. The van der Waals surface area contributed by atoms with Crippen LogP contribution in [0.15, 0.2) is 40.7 Å². The molecule has 1 heterocycles. The topological polar surface area (TPSA) is 84.0 Å². The molecule has 2 aromatic carbocycles. The van der Waals surface area contributed by atoms with Gasteiger partial charge >= 0.3 is 6.18 Å². The standard InChI is InChI=1S/C18H10Cl2F4N4O2S2/c19-9-5-4-8(18(22,23)24)6-12(9)25-13(29)7-31-17-28-27-16(32-17)26-15(30)14-10(20)2-1-3-11(14)21/h1-6H,7H2,(H,25,29)(H,26,27,30). The van der Waals surface area contributed by atoms with Crippen molar-refractivity contribution >= 4 is 68.9 Å². The lowest BCUT2D eigenvalue weighted by atomic mass is 10.2. The molecule has 168 valence electrons. The smallest absolute Gasteiger partial charge is 0.324 e. The van der Waals surface area contributed by atoms with Crippen LogP contribution in [0.25, 0.3) is 0 Å². The third kappa shape index (κ3) is 6.09. The second-order valence-corrected chi connectivity index (χ2v) is 8.97. The number of alkyl halides is 3. The quantitative estimate of drug-likeness (QED) is 0.235. The molecule has 2 N–H and O–H groups in total. The summed E-state index contributed by atoms with van der Waals surface area (Å²) in [5, 5.41) is 12.1. The van der Waals surface area contributed by atoms with Gasteiger partial charge in [-0.15, -0.1) is 10.2 Å². The van der Waals surface area contributed by atoms with Crippen molar-refractivity contribution in [1.82, 2.24) is 10.2 Å². The van der Waals surface area contributed by atoms with E-state index in [9.17, 15) is 27.2 Å². The van der Waals surface area contributed by atoms with Crippen LogP contribution in [0.5, 0.6) is 0 Å². The summed E-state index contributed by atoms with van der Waals surface area (Å²) in [6.45, 7) is 0. The Balaban J connectivity index is 1.59. The molecule has 6 nitrogen and oxygen atoms in total. The summed E-state index contributed by atoms with van der Waals surface area (Å²) in [6, 6.07) is 6.36. The van der Waals surface area contributed by atoms with E-state index < -0.39 is 29.4 Å². The lowest BCUT2D eigenvalue weighted by Crippen LogP contribution is -2.15. The summed E-state index contributed by atoms with van der Waals surface area (Å²) in [7, 11) is 0. The zero-order valence-corrected chi connectivity index (χ0v) is 18.6. The predicted molar refractivity (Wildman–Crippen MR) is 115 cm³/mol. The minimum Gasteiger partial charge on any atom is -0.324 e. The van der Waals surface area contributed by atoms with Gasteiger partial charge in [0.25, 0.3) is 5.91 Å². The van der Waals surface area contributed by atoms with Crippen molar-refractivity contribution in [3.05, 3.63) is 63.4 Å². The molecular formula is C18H10Cl2F4N4O2S2. The van der Waals surface area contributed by atoms with Gasteiger partial charge in [0, 0.05) is 0 Å². The van der Waals surface area contributed by atoms with Gasteiger partial charge in [-0.05, 0) is 30.3 Å². The first-order valence-electron chi connectivity index (χ1n) is 8.43. The maximum atomic E-state index is 13.8. The Hall–Kier alpha value is -2.41. The number of halogens is 6. The van der Waals surface area contributed by atoms with Gasteiger partial charge in [-0.25, -0.2) is 4.39 Å². The lowest BCUT2D eigenvalue weighted by molar-refractivity contribution is -0.137. The number of hydrogen-bond acceptors (Lipinski definition) is 6. The van der Waals surface area contributed by atoms with E-state index in [-0.39, 0.29) is 36.5 Å². The number of hydrogen-bond donors (Lipinski definition) is 2. The number of nitrogens with one attached hydrogen (secondary N) is 2. The molecular weight excluding hydrogens is 515 g/mol. The van der Waals surface area contributed by atoms with Crippen LogP contribution in [0.4, 0.5) is 28.4 Å². The number of aromatic nitrogens is 2. The minimum absolute atomic E-state index is 0.0400. The Labute approximate surface area is 196 Å². The van der Waals surface area contributed by atoms with Crippen molar-refractivity contribution in [2.45, 2.75) is 10.5 Å². The van der Waals surface area contributed by atoms with Crippen LogP contribution in [0.2, 0.25) is 10.0 Å². The molecule has 0 unspecified atom stereocenters. The van der Waals surface area contributed by atoms with Gasteiger partial charge in [-0.1, -0.05) is 52.4 Å². The van der Waals surface area contributed by atoms with Crippen molar-refractivity contribution in [3.8, 4) is 0 Å². The highest BCUT2D eigenvalue weighted by atomic mass is 35.5. The van der Waals surface area contributed by atoms with Gasteiger partial charge in [-0.3, -0.25) is 14.9 Å². The second kappa shape index (κ2) is 10.0. The molecule has 0 radical (unpaired) electrons. The molecule has 0 fully saturated rings. The summed E-state index contributed by atoms with van der Waals surface area (Å²) in [5.74, 6) is -2.47. The fraction of sp³-hybridized carbons (Fsp3) is 0.111. The van der Waals surface area contributed by atoms with E-state index in [1.54, 1.807) is 0 Å². The van der Waals surface area contributed by atoms with Gasteiger partial charge in [0.05, 0.1) is 32.6 Å². The van der Waals surface area contributed by atoms with Crippen molar-refractivity contribution in [2.24, 2.45) is 0 Å². The van der Waals surface area contributed by atoms with Gasteiger partial charge in [0.1, 0.15) is 5.82 Å². The molecule has 1 aromatic heterocycles. The molecule has 0 bridgehead atoms. The molecule has 32 heavy (non-hydrogen) atoms. The normalized spacial score (nSPS) is 11.3. The predicted octanol–water partition coefficient (Wildman–Crippen LogP) is 5.99. The van der Waals surface area contributed by atoms with Gasteiger partial charge < -0.3 is 5.32 Å².